The van der Waals surface area contributed by atoms with E-state index in [0.717, 1.165) is 41.8 Å². The molecule has 0 bridgehead atoms. The van der Waals surface area contributed by atoms with Gasteiger partial charge in [-0.3, -0.25) is 9.10 Å². The molecule has 2 aromatic rings. The van der Waals surface area contributed by atoms with E-state index in [1.165, 1.54) is 0 Å². The van der Waals surface area contributed by atoms with Crippen molar-refractivity contribution in [1.82, 2.24) is 5.32 Å². The highest BCUT2D eigenvalue weighted by Crippen LogP contribution is 2.22. The lowest BCUT2D eigenvalue weighted by atomic mass is 9.99. The largest absolute Gasteiger partial charge is 0.489 e. The molecule has 0 heterocycles. The van der Waals surface area contributed by atoms with Gasteiger partial charge in [0, 0.05) is 6.54 Å². The average Bonchev–Trinajstić information content (AvgIpc) is 2.76. The van der Waals surface area contributed by atoms with Gasteiger partial charge >= 0.3 is 0 Å². The van der Waals surface area contributed by atoms with Gasteiger partial charge in [-0.15, -0.1) is 0 Å². The zero-order valence-electron chi connectivity index (χ0n) is 18.7. The summed E-state index contributed by atoms with van der Waals surface area (Å²) in [5.41, 5.74) is 1.48. The number of benzene rings is 2. The number of amides is 1. The Morgan fingerprint density at radius 2 is 1.74 bits per heavy atom. The third-order valence-corrected chi connectivity index (χ3v) is 6.33. The van der Waals surface area contributed by atoms with Gasteiger partial charge in [-0.2, -0.15) is 0 Å². The molecule has 0 saturated carbocycles. The number of rotatable bonds is 13. The third-order valence-electron chi connectivity index (χ3n) is 5.19. The van der Waals surface area contributed by atoms with Crippen LogP contribution in [0.15, 0.2) is 54.6 Å². The van der Waals surface area contributed by atoms with Crippen LogP contribution in [0.25, 0.3) is 0 Å². The van der Waals surface area contributed by atoms with Crippen LogP contribution in [0.2, 0.25) is 0 Å². The van der Waals surface area contributed by atoms with E-state index >= 15 is 0 Å². The number of carbonyl (C=O) groups is 1. The molecule has 2 rings (SSSR count). The predicted molar refractivity (Wildman–Crippen MR) is 126 cm³/mol. The van der Waals surface area contributed by atoms with Gasteiger partial charge in [-0.1, -0.05) is 63.4 Å². The minimum Gasteiger partial charge on any atom is -0.489 e. The number of unbranched alkanes of at least 4 members (excludes halogenated alkanes) is 1. The van der Waals surface area contributed by atoms with Crippen LogP contribution in [0.3, 0.4) is 0 Å². The summed E-state index contributed by atoms with van der Waals surface area (Å²) in [4.78, 5) is 12.5. The predicted octanol–water partition coefficient (Wildman–Crippen LogP) is 4.36. The molecule has 31 heavy (non-hydrogen) atoms. The molecule has 7 heteroatoms. The lowest BCUT2D eigenvalue weighted by Crippen LogP contribution is -2.41. The van der Waals surface area contributed by atoms with Gasteiger partial charge in [0.05, 0.1) is 11.9 Å². The molecule has 0 aromatic heterocycles. The summed E-state index contributed by atoms with van der Waals surface area (Å²) < 4.78 is 31.5. The van der Waals surface area contributed by atoms with Crippen molar-refractivity contribution < 1.29 is 17.9 Å². The second-order valence-corrected chi connectivity index (χ2v) is 9.67. The van der Waals surface area contributed by atoms with Crippen molar-refractivity contribution in [2.45, 2.75) is 46.1 Å². The normalized spacial score (nSPS) is 12.2. The molecular formula is C24H34N2O4S. The summed E-state index contributed by atoms with van der Waals surface area (Å²) in [6.07, 6.45) is 5.41. The van der Waals surface area contributed by atoms with E-state index in [1.807, 2.05) is 30.3 Å². The molecule has 2 aromatic carbocycles. The highest BCUT2D eigenvalue weighted by Gasteiger charge is 2.21. The highest BCUT2D eigenvalue weighted by atomic mass is 32.2. The number of nitrogens with one attached hydrogen (secondary N) is 1. The zero-order valence-corrected chi connectivity index (χ0v) is 19.5. The molecule has 0 radical (unpaired) electrons. The van der Waals surface area contributed by atoms with Gasteiger partial charge < -0.3 is 10.1 Å². The number of anilines is 1. The van der Waals surface area contributed by atoms with Crippen molar-refractivity contribution in [3.8, 4) is 5.75 Å². The van der Waals surface area contributed by atoms with Gasteiger partial charge in [0.25, 0.3) is 0 Å². The van der Waals surface area contributed by atoms with E-state index in [1.54, 1.807) is 24.3 Å². The molecule has 0 aliphatic carbocycles. The Kier molecular flexibility index (Phi) is 9.85. The van der Waals surface area contributed by atoms with Crippen molar-refractivity contribution in [2.75, 3.05) is 23.7 Å². The molecule has 0 aliphatic rings. The molecule has 170 valence electrons. The Morgan fingerprint density at radius 1 is 1.06 bits per heavy atom. The monoisotopic (exact) mass is 446 g/mol. The summed E-state index contributed by atoms with van der Waals surface area (Å²) in [5, 5.41) is 2.90. The van der Waals surface area contributed by atoms with Gasteiger partial charge in [-0.25, -0.2) is 8.42 Å². The van der Waals surface area contributed by atoms with Gasteiger partial charge in [0.1, 0.15) is 18.9 Å². The molecule has 0 fully saturated rings. The number of hydrogen-bond donors (Lipinski definition) is 1. The summed E-state index contributed by atoms with van der Waals surface area (Å²) >= 11 is 0. The Balaban J connectivity index is 1.97. The smallest absolute Gasteiger partial charge is 0.240 e. The van der Waals surface area contributed by atoms with Crippen LogP contribution in [-0.2, 0) is 21.4 Å². The minimum absolute atomic E-state index is 0.243. The Labute approximate surface area is 186 Å². The van der Waals surface area contributed by atoms with Gasteiger partial charge in [0.2, 0.25) is 15.9 Å². The first-order valence-electron chi connectivity index (χ1n) is 10.8. The molecule has 0 unspecified atom stereocenters. The third kappa shape index (κ3) is 8.61. The number of hydrogen-bond acceptors (Lipinski definition) is 4. The fraction of sp³-hybridized carbons (Fsp3) is 0.458. The Bertz CT molecular complexity index is 899. The fourth-order valence-electron chi connectivity index (χ4n) is 3.24. The summed E-state index contributed by atoms with van der Waals surface area (Å²) in [7, 11) is -3.61. The Morgan fingerprint density at radius 3 is 2.32 bits per heavy atom. The summed E-state index contributed by atoms with van der Waals surface area (Å²) in [6.45, 7) is 5.01. The van der Waals surface area contributed by atoms with Crippen LogP contribution in [0.5, 0.6) is 5.75 Å². The van der Waals surface area contributed by atoms with Crippen LogP contribution in [0.1, 0.15) is 45.1 Å². The maximum Gasteiger partial charge on any atom is 0.240 e. The molecule has 1 N–H and O–H groups in total. The van der Waals surface area contributed by atoms with Crippen molar-refractivity contribution in [3.63, 3.8) is 0 Å². The molecule has 0 aliphatic heterocycles. The van der Waals surface area contributed by atoms with E-state index in [9.17, 15) is 13.2 Å². The SMILES string of the molecule is CCCC[C@H](CC)CNC(=O)CN(c1ccc(OCc2ccccc2)cc1)S(C)(=O)=O. The van der Waals surface area contributed by atoms with Crippen LogP contribution < -0.4 is 14.4 Å². The molecule has 1 amide bonds. The first-order chi connectivity index (χ1) is 14.8. The van der Waals surface area contributed by atoms with E-state index in [2.05, 4.69) is 19.2 Å². The van der Waals surface area contributed by atoms with Crippen molar-refractivity contribution in [3.05, 3.63) is 60.2 Å². The first kappa shape index (κ1) is 24.7. The van der Waals surface area contributed by atoms with E-state index in [-0.39, 0.29) is 12.5 Å². The maximum atomic E-state index is 12.5. The molecule has 0 spiro atoms. The number of sulfonamides is 1. The molecule has 6 nitrogen and oxygen atoms in total. The van der Waals surface area contributed by atoms with E-state index in [0.29, 0.717) is 30.5 Å². The van der Waals surface area contributed by atoms with Crippen molar-refractivity contribution in [2.24, 2.45) is 5.92 Å². The summed E-state index contributed by atoms with van der Waals surface area (Å²) in [6, 6.07) is 16.5. The van der Waals surface area contributed by atoms with E-state index < -0.39 is 10.0 Å². The quantitative estimate of drug-likeness (QED) is 0.496. The molecule has 1 atom stereocenters. The standard InChI is InChI=1S/C24H34N2O4S/c1-4-6-10-20(5-2)17-25-24(27)18-26(31(3,28)29)22-13-15-23(16-14-22)30-19-21-11-8-7-9-12-21/h7-9,11-16,20H,4-6,10,17-19H2,1-3H3,(H,25,27)/t20-/m0/s1. The van der Waals surface area contributed by atoms with Crippen molar-refractivity contribution in [1.29, 1.82) is 0 Å². The topological polar surface area (TPSA) is 75.7 Å². The maximum absolute atomic E-state index is 12.5. The number of ether oxygens (including phenoxy) is 1. The zero-order chi connectivity index (χ0) is 22.7. The summed E-state index contributed by atoms with van der Waals surface area (Å²) in [5.74, 6) is 0.744. The van der Waals surface area contributed by atoms with Crippen LogP contribution in [0, 0.1) is 5.92 Å². The second kappa shape index (κ2) is 12.3. The molecule has 0 saturated heterocycles. The van der Waals surface area contributed by atoms with Gasteiger partial charge in [0.15, 0.2) is 0 Å². The number of carbonyl (C=O) groups excluding carboxylic acids is 1. The second-order valence-electron chi connectivity index (χ2n) is 7.76. The fourth-order valence-corrected chi connectivity index (χ4v) is 4.09. The van der Waals surface area contributed by atoms with Crippen LogP contribution in [-0.4, -0.2) is 33.7 Å². The Hall–Kier alpha value is -2.54. The highest BCUT2D eigenvalue weighted by molar-refractivity contribution is 7.92. The van der Waals surface area contributed by atoms with Gasteiger partial charge in [-0.05, 0) is 42.2 Å². The molecular weight excluding hydrogens is 412 g/mol. The van der Waals surface area contributed by atoms with E-state index in [4.69, 9.17) is 4.74 Å². The lowest BCUT2D eigenvalue weighted by molar-refractivity contribution is -0.119. The lowest BCUT2D eigenvalue weighted by Gasteiger charge is -2.23. The number of nitrogens with zero attached hydrogens (tertiary/aromatic N) is 1. The van der Waals surface area contributed by atoms with Crippen LogP contribution in [0.4, 0.5) is 5.69 Å². The minimum atomic E-state index is -3.61. The first-order valence-corrected chi connectivity index (χ1v) is 12.7. The van der Waals surface area contributed by atoms with Crippen molar-refractivity contribution >= 4 is 21.6 Å². The average molecular weight is 447 g/mol. The van der Waals surface area contributed by atoms with Crippen LogP contribution >= 0.6 is 0 Å².